The number of unbranched alkanes of at least 4 members (excludes halogenated alkanes) is 5. The van der Waals surface area contributed by atoms with Crippen molar-refractivity contribution in [3.8, 4) is 0 Å². The Morgan fingerprint density at radius 1 is 0.564 bits per heavy atom. The summed E-state index contributed by atoms with van der Waals surface area (Å²) in [5, 5.41) is 0. The van der Waals surface area contributed by atoms with E-state index in [4.69, 9.17) is 0 Å². The van der Waals surface area contributed by atoms with Gasteiger partial charge in [-0.25, -0.2) is 4.70 Å². The standard InChI is InChI=1S/C28H36N2.2C4H9.Pd/c1-4-7-10-22-13-17-24(18-14-22)27-21-26(12-9-6-3)28(30(27)29)25-19-15-23(16-20-25)11-8-5-2;2*1-3-4-2;/h13-21H,4-12H2,1-3H3;2*1,3-4H2,2H3;. The Bertz CT molecular complexity index is 1010. The Morgan fingerprint density at radius 2 is 1.00 bits per heavy atom. The molecule has 1 aliphatic heterocycles. The van der Waals surface area contributed by atoms with Crippen molar-refractivity contribution in [3.63, 3.8) is 0 Å². The van der Waals surface area contributed by atoms with Gasteiger partial charge in [0.2, 0.25) is 11.4 Å². The molecule has 2 aromatic rings. The molecule has 0 N–H and O–H groups in total. The van der Waals surface area contributed by atoms with E-state index < -0.39 is 0 Å². The quantitative estimate of drug-likeness (QED) is 0.0955. The fourth-order valence-electron chi connectivity index (χ4n) is 4.52. The molecule has 0 atom stereocenters. The number of aryl methyl sites for hydroxylation is 2. The van der Waals surface area contributed by atoms with E-state index >= 15 is 0 Å². The van der Waals surface area contributed by atoms with E-state index in [0.29, 0.717) is 0 Å². The molecular formula is C36H54N2Pd. The third-order valence-corrected chi connectivity index (χ3v) is 9.32. The molecule has 3 heteroatoms. The third kappa shape index (κ3) is 11.7. The Kier molecular flexibility index (Phi) is 17.2. The van der Waals surface area contributed by atoms with E-state index in [-0.39, 0.29) is 0 Å². The second kappa shape index (κ2) is 20.1. The van der Waals surface area contributed by atoms with Gasteiger partial charge >= 0.3 is 67.3 Å². The van der Waals surface area contributed by atoms with E-state index in [9.17, 15) is 5.53 Å². The first-order chi connectivity index (χ1) is 19.1. The van der Waals surface area contributed by atoms with Crippen LogP contribution in [-0.4, -0.2) is 4.70 Å². The molecule has 0 saturated heterocycles. The second-order valence-electron chi connectivity index (χ2n) is 10.6. The summed E-state index contributed by atoms with van der Waals surface area (Å²) in [6.45, 7) is 11.2. The average Bonchev–Trinajstić information content (AvgIpc) is 3.30. The van der Waals surface area contributed by atoms with Gasteiger partial charge in [0.25, 0.3) is 0 Å². The topological polar surface area (TPSA) is 25.3 Å². The van der Waals surface area contributed by atoms with Crippen LogP contribution in [0.3, 0.4) is 0 Å². The van der Waals surface area contributed by atoms with Crippen molar-refractivity contribution >= 4 is 11.4 Å². The molecule has 2 aromatic carbocycles. The summed E-state index contributed by atoms with van der Waals surface area (Å²) in [6.07, 6.45) is 18.2. The van der Waals surface area contributed by atoms with Crippen LogP contribution in [0.1, 0.15) is 128 Å². The third-order valence-electron chi connectivity index (χ3n) is 7.12. The molecule has 0 amide bonds. The van der Waals surface area contributed by atoms with Crippen LogP contribution in [0.4, 0.5) is 0 Å². The van der Waals surface area contributed by atoms with Crippen LogP contribution in [0.25, 0.3) is 16.9 Å². The molecule has 0 fully saturated rings. The first-order valence-corrected chi connectivity index (χ1v) is 17.9. The number of allylic oxidation sites excluding steroid dienone is 2. The molecule has 218 valence electrons. The molecule has 1 heterocycles. The van der Waals surface area contributed by atoms with Gasteiger partial charge in [-0.3, -0.25) is 0 Å². The van der Waals surface area contributed by atoms with E-state index in [1.165, 1.54) is 82.6 Å². The summed E-state index contributed by atoms with van der Waals surface area (Å²) in [6, 6.07) is 17.5. The van der Waals surface area contributed by atoms with E-state index in [0.717, 1.165) is 72.6 Å². The molecule has 0 radical (unpaired) electrons. The zero-order valence-electron chi connectivity index (χ0n) is 25.5. The molecule has 2 nitrogen and oxygen atoms in total. The van der Waals surface area contributed by atoms with Crippen LogP contribution in [-0.2, 0) is 30.8 Å². The Morgan fingerprint density at radius 3 is 1.46 bits per heavy atom. The van der Waals surface area contributed by atoms with Gasteiger partial charge in [-0.1, -0.05) is 64.3 Å². The number of hydrogen-bond acceptors (Lipinski definition) is 0. The van der Waals surface area contributed by atoms with Gasteiger partial charge in [-0.15, -0.1) is 0 Å². The van der Waals surface area contributed by atoms with E-state index in [1.54, 1.807) is 0 Å². The Labute approximate surface area is 249 Å². The summed E-state index contributed by atoms with van der Waals surface area (Å²) < 4.78 is 1.41. The summed E-state index contributed by atoms with van der Waals surface area (Å²) in [5.74, 6) is 0. The predicted octanol–water partition coefficient (Wildman–Crippen LogP) is 11.9. The molecule has 0 saturated carbocycles. The maximum absolute atomic E-state index is 11.2. The molecule has 3 rings (SSSR count). The van der Waals surface area contributed by atoms with Crippen molar-refractivity contribution in [2.24, 2.45) is 0 Å². The van der Waals surface area contributed by atoms with Gasteiger partial charge in [-0.2, -0.15) is 0 Å². The predicted molar refractivity (Wildman–Crippen MR) is 168 cm³/mol. The van der Waals surface area contributed by atoms with Gasteiger partial charge in [0, 0.05) is 22.8 Å². The van der Waals surface area contributed by atoms with Gasteiger partial charge in [-0.05, 0) is 73.9 Å². The van der Waals surface area contributed by atoms with Gasteiger partial charge in [0.1, 0.15) is 0 Å². The molecule has 0 bridgehead atoms. The minimum atomic E-state index is 0.883. The van der Waals surface area contributed by atoms with Crippen LogP contribution in [0.2, 0.25) is 9.79 Å². The number of rotatable bonds is 17. The summed E-state index contributed by atoms with van der Waals surface area (Å²) in [7, 11) is 0. The molecule has 0 unspecified atom stereocenters. The second-order valence-corrected chi connectivity index (χ2v) is 12.9. The van der Waals surface area contributed by atoms with Crippen molar-refractivity contribution in [2.45, 2.75) is 128 Å². The van der Waals surface area contributed by atoms with Crippen LogP contribution in [0.15, 0.2) is 60.2 Å². The molecular weight excluding hydrogens is 567 g/mol. The molecule has 39 heavy (non-hydrogen) atoms. The van der Waals surface area contributed by atoms with Crippen molar-refractivity contribution < 1.29 is 22.7 Å². The van der Waals surface area contributed by atoms with Gasteiger partial charge in [0.05, 0.1) is 0 Å². The zero-order chi connectivity index (χ0) is 28.3. The normalized spacial score (nSPS) is 13.1. The Hall–Kier alpha value is -1.82. The molecule has 0 spiro atoms. The minimum absolute atomic E-state index is 0.883. The molecule has 0 aliphatic carbocycles. The number of nitrogens with zero attached hydrogens (tertiary/aromatic N) is 2. The summed E-state index contributed by atoms with van der Waals surface area (Å²) in [5.41, 5.74) is 19.1. The summed E-state index contributed by atoms with van der Waals surface area (Å²) in [4.78, 5) is 3.01. The van der Waals surface area contributed by atoms with Crippen molar-refractivity contribution in [3.05, 3.63) is 88.0 Å². The van der Waals surface area contributed by atoms with Crippen LogP contribution in [0, 0.1) is 0 Å². The van der Waals surface area contributed by atoms with Crippen LogP contribution < -0.4 is 0 Å². The summed E-state index contributed by atoms with van der Waals surface area (Å²) >= 11 is 1.07. The van der Waals surface area contributed by atoms with E-state index in [1.807, 2.05) is 0 Å². The molecule has 1 aliphatic rings. The fourth-order valence-corrected chi connectivity index (χ4v) is 6.78. The van der Waals surface area contributed by atoms with Crippen molar-refractivity contribution in [1.82, 2.24) is 0 Å². The fraction of sp³-hybridized carbons (Fsp3) is 0.556. The first kappa shape index (κ1) is 33.4. The van der Waals surface area contributed by atoms with Crippen molar-refractivity contribution in [2.75, 3.05) is 0 Å². The van der Waals surface area contributed by atoms with Crippen molar-refractivity contribution in [1.29, 1.82) is 0 Å². The van der Waals surface area contributed by atoms with E-state index in [2.05, 4.69) is 89.2 Å². The number of hydrogen-bond donors (Lipinski definition) is 0. The number of benzene rings is 2. The van der Waals surface area contributed by atoms with Crippen LogP contribution in [0.5, 0.6) is 0 Å². The SMILES string of the molecule is CCCCC1=C(c2ccc(CCCC)cc2)[N+](=[N-])C(c2ccc(CCCC)cc2)=C1.CCC[CH2][Pd][CH2]CCC. The van der Waals surface area contributed by atoms with Gasteiger partial charge in [0.15, 0.2) is 0 Å². The van der Waals surface area contributed by atoms with Gasteiger partial charge < -0.3 is 5.53 Å². The zero-order valence-corrected chi connectivity index (χ0v) is 27.1. The molecule has 0 aromatic heterocycles. The monoisotopic (exact) mass is 620 g/mol. The Balaban J connectivity index is 0.000000510. The first-order valence-electron chi connectivity index (χ1n) is 15.7. The van der Waals surface area contributed by atoms with Crippen LogP contribution >= 0.6 is 0 Å². The maximum atomic E-state index is 11.2. The average molecular weight is 621 g/mol.